The van der Waals surface area contributed by atoms with E-state index in [0.717, 1.165) is 38.0 Å². The van der Waals surface area contributed by atoms with Crippen molar-refractivity contribution in [2.24, 2.45) is 0 Å². The normalized spacial score (nSPS) is 21.1. The predicted molar refractivity (Wildman–Crippen MR) is 71.2 cm³/mol. The highest BCUT2D eigenvalue weighted by Crippen LogP contribution is 2.20. The summed E-state index contributed by atoms with van der Waals surface area (Å²) in [4.78, 5) is 0. The van der Waals surface area contributed by atoms with Gasteiger partial charge in [0, 0.05) is 12.6 Å². The Bertz CT molecular complexity index is 363. The molecule has 2 rings (SSSR count). The van der Waals surface area contributed by atoms with Gasteiger partial charge in [0.1, 0.15) is 5.82 Å². The fraction of sp³-hybridized carbons (Fsp3) is 0.600. The van der Waals surface area contributed by atoms with Gasteiger partial charge in [0.2, 0.25) is 0 Å². The fourth-order valence-corrected chi connectivity index (χ4v) is 2.49. The third kappa shape index (κ3) is 3.53. The number of hydrogen-bond acceptors (Lipinski definition) is 2. The lowest BCUT2D eigenvalue weighted by molar-refractivity contribution is 0.0781. The van der Waals surface area contributed by atoms with Crippen LogP contribution in [0.2, 0.25) is 0 Å². The number of rotatable bonds is 6. The molecule has 0 bridgehead atoms. The third-order valence-corrected chi connectivity index (χ3v) is 3.47. The van der Waals surface area contributed by atoms with Crippen molar-refractivity contribution in [1.82, 2.24) is 5.32 Å². The molecule has 0 radical (unpaired) electrons. The van der Waals surface area contributed by atoms with E-state index in [1.54, 1.807) is 6.07 Å². The summed E-state index contributed by atoms with van der Waals surface area (Å²) in [6.07, 6.45) is 4.22. The second kappa shape index (κ2) is 6.86. The molecule has 3 heteroatoms. The zero-order chi connectivity index (χ0) is 12.8. The van der Waals surface area contributed by atoms with Gasteiger partial charge in [-0.25, -0.2) is 4.39 Å². The molecular weight excluding hydrogens is 229 g/mol. The SMILES string of the molecule is CCCNC(Cc1ccccc1F)C1CCCO1. The van der Waals surface area contributed by atoms with Gasteiger partial charge < -0.3 is 10.1 Å². The van der Waals surface area contributed by atoms with E-state index in [2.05, 4.69) is 12.2 Å². The minimum atomic E-state index is -0.112. The maximum Gasteiger partial charge on any atom is 0.126 e. The van der Waals surface area contributed by atoms with Crippen molar-refractivity contribution in [3.8, 4) is 0 Å². The van der Waals surface area contributed by atoms with Crippen LogP contribution in [-0.4, -0.2) is 25.3 Å². The minimum absolute atomic E-state index is 0.112. The highest BCUT2D eigenvalue weighted by Gasteiger charge is 2.26. The summed E-state index contributed by atoms with van der Waals surface area (Å²) in [5, 5.41) is 3.50. The third-order valence-electron chi connectivity index (χ3n) is 3.47. The van der Waals surface area contributed by atoms with Gasteiger partial charge in [-0.05, 0) is 43.9 Å². The van der Waals surface area contributed by atoms with Crippen LogP contribution in [0.25, 0.3) is 0 Å². The highest BCUT2D eigenvalue weighted by molar-refractivity contribution is 5.18. The van der Waals surface area contributed by atoms with Crippen LogP contribution in [-0.2, 0) is 11.2 Å². The van der Waals surface area contributed by atoms with Crippen LogP contribution in [0.1, 0.15) is 31.7 Å². The molecular formula is C15H22FNO. The van der Waals surface area contributed by atoms with Gasteiger partial charge in [0.05, 0.1) is 6.10 Å². The summed E-state index contributed by atoms with van der Waals surface area (Å²) in [7, 11) is 0. The molecule has 1 aliphatic heterocycles. The van der Waals surface area contributed by atoms with Crippen molar-refractivity contribution < 1.29 is 9.13 Å². The molecule has 100 valence electrons. The van der Waals surface area contributed by atoms with Gasteiger partial charge in [0.25, 0.3) is 0 Å². The van der Waals surface area contributed by atoms with Gasteiger partial charge >= 0.3 is 0 Å². The van der Waals surface area contributed by atoms with E-state index in [0.29, 0.717) is 6.42 Å². The van der Waals surface area contributed by atoms with Crippen molar-refractivity contribution >= 4 is 0 Å². The van der Waals surface area contributed by atoms with E-state index in [1.807, 2.05) is 12.1 Å². The summed E-state index contributed by atoms with van der Waals surface area (Å²) < 4.78 is 19.4. The molecule has 2 atom stereocenters. The predicted octanol–water partition coefficient (Wildman–Crippen LogP) is 2.92. The van der Waals surface area contributed by atoms with E-state index in [1.165, 1.54) is 6.07 Å². The molecule has 2 nitrogen and oxygen atoms in total. The van der Waals surface area contributed by atoms with Crippen LogP contribution in [0.15, 0.2) is 24.3 Å². The monoisotopic (exact) mass is 251 g/mol. The molecule has 0 saturated carbocycles. The Morgan fingerprint density at radius 2 is 2.28 bits per heavy atom. The number of hydrogen-bond donors (Lipinski definition) is 1. The van der Waals surface area contributed by atoms with Crippen LogP contribution in [0.4, 0.5) is 4.39 Å². The van der Waals surface area contributed by atoms with Crippen molar-refractivity contribution in [2.45, 2.75) is 44.8 Å². The van der Waals surface area contributed by atoms with E-state index in [-0.39, 0.29) is 18.0 Å². The maximum absolute atomic E-state index is 13.7. The zero-order valence-corrected chi connectivity index (χ0v) is 11.0. The molecule has 1 saturated heterocycles. The Labute approximate surface area is 109 Å². The van der Waals surface area contributed by atoms with Crippen LogP contribution in [0.3, 0.4) is 0 Å². The van der Waals surface area contributed by atoms with Crippen molar-refractivity contribution in [1.29, 1.82) is 0 Å². The summed E-state index contributed by atoms with van der Waals surface area (Å²) in [6.45, 7) is 3.94. The first kappa shape index (κ1) is 13.5. The number of ether oxygens (including phenoxy) is 1. The summed E-state index contributed by atoms with van der Waals surface area (Å²) in [5.74, 6) is -0.112. The quantitative estimate of drug-likeness (QED) is 0.839. The highest BCUT2D eigenvalue weighted by atomic mass is 19.1. The second-order valence-electron chi connectivity index (χ2n) is 4.91. The van der Waals surface area contributed by atoms with Gasteiger partial charge in [0.15, 0.2) is 0 Å². The zero-order valence-electron chi connectivity index (χ0n) is 11.0. The van der Waals surface area contributed by atoms with Crippen molar-refractivity contribution in [3.63, 3.8) is 0 Å². The van der Waals surface area contributed by atoms with Crippen LogP contribution in [0, 0.1) is 5.82 Å². The van der Waals surface area contributed by atoms with Crippen LogP contribution in [0.5, 0.6) is 0 Å². The average molecular weight is 251 g/mol. The molecule has 1 heterocycles. The molecule has 0 spiro atoms. The molecule has 0 aromatic heterocycles. The smallest absolute Gasteiger partial charge is 0.126 e. The Morgan fingerprint density at radius 3 is 2.94 bits per heavy atom. The van der Waals surface area contributed by atoms with E-state index < -0.39 is 0 Å². The number of halogens is 1. The number of nitrogens with one attached hydrogen (secondary N) is 1. The Balaban J connectivity index is 2.02. The minimum Gasteiger partial charge on any atom is -0.377 e. The summed E-state index contributed by atoms with van der Waals surface area (Å²) in [5.41, 5.74) is 0.779. The van der Waals surface area contributed by atoms with Gasteiger partial charge in [-0.3, -0.25) is 0 Å². The first-order chi connectivity index (χ1) is 8.81. The topological polar surface area (TPSA) is 21.3 Å². The molecule has 1 fully saturated rings. The van der Waals surface area contributed by atoms with Crippen LogP contribution < -0.4 is 5.32 Å². The second-order valence-corrected chi connectivity index (χ2v) is 4.91. The van der Waals surface area contributed by atoms with Crippen LogP contribution >= 0.6 is 0 Å². The van der Waals surface area contributed by atoms with Gasteiger partial charge in [-0.15, -0.1) is 0 Å². The van der Waals surface area contributed by atoms with Crippen molar-refractivity contribution in [2.75, 3.05) is 13.2 Å². The average Bonchev–Trinajstić information content (AvgIpc) is 2.90. The fourth-order valence-electron chi connectivity index (χ4n) is 2.49. The molecule has 18 heavy (non-hydrogen) atoms. The first-order valence-electron chi connectivity index (χ1n) is 6.89. The molecule has 1 N–H and O–H groups in total. The lowest BCUT2D eigenvalue weighted by Crippen LogP contribution is -2.41. The number of benzene rings is 1. The maximum atomic E-state index is 13.7. The van der Waals surface area contributed by atoms with E-state index in [4.69, 9.17) is 4.74 Å². The van der Waals surface area contributed by atoms with Gasteiger partial charge in [-0.1, -0.05) is 25.1 Å². The molecule has 0 amide bonds. The van der Waals surface area contributed by atoms with Crippen molar-refractivity contribution in [3.05, 3.63) is 35.6 Å². The van der Waals surface area contributed by atoms with E-state index >= 15 is 0 Å². The standard InChI is InChI=1S/C15H22FNO/c1-2-9-17-14(15-8-5-10-18-15)11-12-6-3-4-7-13(12)16/h3-4,6-7,14-15,17H,2,5,8-11H2,1H3. The lowest BCUT2D eigenvalue weighted by atomic mass is 9.99. The summed E-state index contributed by atoms with van der Waals surface area (Å²) >= 11 is 0. The lowest BCUT2D eigenvalue weighted by Gasteiger charge is -2.24. The largest absolute Gasteiger partial charge is 0.377 e. The Morgan fingerprint density at radius 1 is 1.44 bits per heavy atom. The van der Waals surface area contributed by atoms with Gasteiger partial charge in [-0.2, -0.15) is 0 Å². The Hall–Kier alpha value is -0.930. The Kier molecular flexibility index (Phi) is 5.14. The molecule has 1 aromatic carbocycles. The molecule has 1 aliphatic rings. The molecule has 1 aromatic rings. The molecule has 2 unspecified atom stereocenters. The van der Waals surface area contributed by atoms with E-state index in [9.17, 15) is 4.39 Å². The summed E-state index contributed by atoms with van der Waals surface area (Å²) in [6, 6.07) is 7.25. The molecule has 0 aliphatic carbocycles. The first-order valence-corrected chi connectivity index (χ1v) is 6.89.